The summed E-state index contributed by atoms with van der Waals surface area (Å²) in [7, 11) is 1.66. The number of esters is 1. The summed E-state index contributed by atoms with van der Waals surface area (Å²) in [6, 6.07) is 9.58. The zero-order valence-corrected chi connectivity index (χ0v) is 19.1. The molecule has 0 aliphatic heterocycles. The van der Waals surface area contributed by atoms with Crippen LogP contribution in [0, 0.1) is 13.8 Å². The Morgan fingerprint density at radius 3 is 2.53 bits per heavy atom. The van der Waals surface area contributed by atoms with Crippen LogP contribution in [0.2, 0.25) is 0 Å². The van der Waals surface area contributed by atoms with Gasteiger partial charge >= 0.3 is 5.97 Å². The Kier molecular flexibility index (Phi) is 7.42. The zero-order valence-electron chi connectivity index (χ0n) is 17.5. The second-order valence-corrected chi connectivity index (χ2v) is 8.94. The summed E-state index contributed by atoms with van der Waals surface area (Å²) in [5, 5.41) is 3.86. The molecule has 0 aliphatic rings. The molecule has 0 bridgehead atoms. The number of thiophene rings is 2. The fraction of sp³-hybridized carbons (Fsp3) is 0.304. The van der Waals surface area contributed by atoms with Gasteiger partial charge in [0, 0.05) is 33.8 Å². The van der Waals surface area contributed by atoms with Gasteiger partial charge in [0.05, 0.1) is 18.2 Å². The first kappa shape index (κ1) is 22.2. The maximum absolute atomic E-state index is 12.8. The van der Waals surface area contributed by atoms with E-state index in [9.17, 15) is 9.59 Å². The average molecular weight is 444 g/mol. The standard InChI is InChI=1S/C23H25NO4S2/c1-15-11-19(17(3)24(15)16(2)13-27-4)21(25)14-28-23(26)20(22-8-6-10-30-22)12-18-7-5-9-29-18/h5-12,16H,13-14H2,1-4H3. The van der Waals surface area contributed by atoms with Crippen LogP contribution in [0.4, 0.5) is 0 Å². The van der Waals surface area contributed by atoms with Crippen molar-refractivity contribution in [3.05, 3.63) is 67.8 Å². The van der Waals surface area contributed by atoms with Crippen molar-refractivity contribution < 1.29 is 19.1 Å². The third-order valence-corrected chi connectivity index (χ3v) is 6.53. The third kappa shape index (κ3) is 4.98. The molecule has 0 N–H and O–H groups in total. The Hall–Kier alpha value is -2.48. The number of ketones is 1. The minimum atomic E-state index is -0.499. The van der Waals surface area contributed by atoms with E-state index < -0.39 is 5.97 Å². The molecule has 3 heterocycles. The maximum Gasteiger partial charge on any atom is 0.340 e. The van der Waals surface area contributed by atoms with Gasteiger partial charge in [-0.2, -0.15) is 0 Å². The van der Waals surface area contributed by atoms with E-state index in [1.165, 1.54) is 11.3 Å². The number of hydrogen-bond acceptors (Lipinski definition) is 6. The number of hydrogen-bond donors (Lipinski definition) is 0. The van der Waals surface area contributed by atoms with Crippen LogP contribution in [-0.4, -0.2) is 36.6 Å². The lowest BCUT2D eigenvalue weighted by molar-refractivity contribution is -0.135. The molecule has 0 fully saturated rings. The van der Waals surface area contributed by atoms with Gasteiger partial charge in [-0.3, -0.25) is 4.79 Å². The summed E-state index contributed by atoms with van der Waals surface area (Å²) in [6.07, 6.45) is 1.81. The van der Waals surface area contributed by atoms with Crippen molar-refractivity contribution in [1.29, 1.82) is 0 Å². The Bertz CT molecular complexity index is 1030. The van der Waals surface area contributed by atoms with Crippen molar-refractivity contribution in [2.45, 2.75) is 26.8 Å². The topological polar surface area (TPSA) is 57.5 Å². The highest BCUT2D eigenvalue weighted by Gasteiger charge is 2.21. The van der Waals surface area contributed by atoms with Crippen LogP contribution in [-0.2, 0) is 14.3 Å². The van der Waals surface area contributed by atoms with E-state index in [1.54, 1.807) is 18.4 Å². The number of methoxy groups -OCH3 is 1. The Labute approximate surface area is 184 Å². The fourth-order valence-corrected chi connectivity index (χ4v) is 4.91. The smallest absolute Gasteiger partial charge is 0.340 e. The van der Waals surface area contributed by atoms with Gasteiger partial charge in [-0.25, -0.2) is 4.79 Å². The summed E-state index contributed by atoms with van der Waals surface area (Å²) in [4.78, 5) is 27.4. The summed E-state index contributed by atoms with van der Waals surface area (Å²) >= 11 is 3.00. The highest BCUT2D eigenvalue weighted by molar-refractivity contribution is 7.12. The predicted octanol–water partition coefficient (Wildman–Crippen LogP) is 5.40. The van der Waals surface area contributed by atoms with Crippen LogP contribution in [0.1, 0.15) is 44.5 Å². The molecule has 0 amide bonds. The van der Waals surface area contributed by atoms with Crippen molar-refractivity contribution >= 4 is 46.1 Å². The van der Waals surface area contributed by atoms with Crippen LogP contribution in [0.5, 0.6) is 0 Å². The summed E-state index contributed by atoms with van der Waals surface area (Å²) in [6.45, 7) is 6.16. The molecule has 1 unspecified atom stereocenters. The van der Waals surface area contributed by atoms with E-state index in [4.69, 9.17) is 9.47 Å². The molecule has 30 heavy (non-hydrogen) atoms. The van der Waals surface area contributed by atoms with E-state index in [0.717, 1.165) is 21.1 Å². The van der Waals surface area contributed by atoms with Gasteiger partial charge in [0.2, 0.25) is 5.78 Å². The lowest BCUT2D eigenvalue weighted by Gasteiger charge is -2.17. The lowest BCUT2D eigenvalue weighted by atomic mass is 10.1. The second-order valence-electron chi connectivity index (χ2n) is 7.01. The van der Waals surface area contributed by atoms with E-state index >= 15 is 0 Å². The van der Waals surface area contributed by atoms with Gasteiger partial charge in [-0.15, -0.1) is 22.7 Å². The zero-order chi connectivity index (χ0) is 21.7. The van der Waals surface area contributed by atoms with E-state index in [1.807, 2.05) is 67.9 Å². The SMILES string of the molecule is COCC(C)n1c(C)cc(C(=O)COC(=O)C(=Cc2cccs2)c2cccs2)c1C. The van der Waals surface area contributed by atoms with E-state index in [-0.39, 0.29) is 18.4 Å². The van der Waals surface area contributed by atoms with Gasteiger partial charge in [0.1, 0.15) is 0 Å². The van der Waals surface area contributed by atoms with Crippen molar-refractivity contribution in [3.63, 3.8) is 0 Å². The molecule has 0 aromatic carbocycles. The molecule has 7 heteroatoms. The van der Waals surface area contributed by atoms with Crippen molar-refractivity contribution in [1.82, 2.24) is 4.57 Å². The highest BCUT2D eigenvalue weighted by atomic mass is 32.1. The highest BCUT2D eigenvalue weighted by Crippen LogP contribution is 2.26. The normalized spacial score (nSPS) is 12.7. The van der Waals surface area contributed by atoms with E-state index in [0.29, 0.717) is 17.7 Å². The Morgan fingerprint density at radius 1 is 1.17 bits per heavy atom. The quantitative estimate of drug-likeness (QED) is 0.252. The molecule has 0 aliphatic carbocycles. The number of aromatic nitrogens is 1. The largest absolute Gasteiger partial charge is 0.454 e. The summed E-state index contributed by atoms with van der Waals surface area (Å²) < 4.78 is 12.7. The minimum absolute atomic E-state index is 0.110. The van der Waals surface area contributed by atoms with E-state index in [2.05, 4.69) is 4.57 Å². The first-order valence-corrected chi connectivity index (χ1v) is 11.3. The molecular formula is C23H25NO4S2. The number of carbonyl (C=O) groups excluding carboxylic acids is 2. The van der Waals surface area contributed by atoms with Crippen molar-refractivity contribution in [2.24, 2.45) is 0 Å². The van der Waals surface area contributed by atoms with Gasteiger partial charge < -0.3 is 14.0 Å². The number of rotatable bonds is 9. The third-order valence-electron chi connectivity index (χ3n) is 4.80. The minimum Gasteiger partial charge on any atom is -0.454 e. The number of carbonyl (C=O) groups is 2. The second kappa shape index (κ2) is 10.0. The van der Waals surface area contributed by atoms with Crippen LogP contribution < -0.4 is 0 Å². The maximum atomic E-state index is 12.8. The Morgan fingerprint density at radius 2 is 1.90 bits per heavy atom. The number of nitrogens with zero attached hydrogens (tertiary/aromatic N) is 1. The molecule has 0 saturated heterocycles. The van der Waals surface area contributed by atoms with Gasteiger partial charge in [-0.05, 0) is 55.8 Å². The molecule has 0 saturated carbocycles. The molecule has 1 atom stereocenters. The first-order valence-electron chi connectivity index (χ1n) is 9.59. The summed E-state index contributed by atoms with van der Waals surface area (Å²) in [5.74, 6) is -0.713. The van der Waals surface area contributed by atoms with Crippen molar-refractivity contribution in [2.75, 3.05) is 20.3 Å². The molecule has 0 radical (unpaired) electrons. The molecular weight excluding hydrogens is 418 g/mol. The van der Waals surface area contributed by atoms with Crippen LogP contribution >= 0.6 is 22.7 Å². The first-order chi connectivity index (χ1) is 14.4. The number of aryl methyl sites for hydroxylation is 1. The van der Waals surface area contributed by atoms with Gasteiger partial charge in [0.15, 0.2) is 6.61 Å². The average Bonchev–Trinajstić information content (AvgIpc) is 3.46. The summed E-state index contributed by atoms with van der Waals surface area (Å²) in [5.41, 5.74) is 2.86. The van der Waals surface area contributed by atoms with Crippen molar-refractivity contribution in [3.8, 4) is 0 Å². The van der Waals surface area contributed by atoms with Gasteiger partial charge in [0.25, 0.3) is 0 Å². The Balaban J connectivity index is 1.75. The van der Waals surface area contributed by atoms with Crippen LogP contribution in [0.25, 0.3) is 11.6 Å². The molecule has 5 nitrogen and oxygen atoms in total. The molecule has 158 valence electrons. The monoisotopic (exact) mass is 443 g/mol. The molecule has 3 rings (SSSR count). The van der Waals surface area contributed by atoms with Crippen LogP contribution in [0.3, 0.4) is 0 Å². The lowest BCUT2D eigenvalue weighted by Crippen LogP contribution is -2.17. The predicted molar refractivity (Wildman–Crippen MR) is 122 cm³/mol. The molecule has 3 aromatic heterocycles. The van der Waals surface area contributed by atoms with Gasteiger partial charge in [-0.1, -0.05) is 12.1 Å². The van der Waals surface area contributed by atoms with Crippen LogP contribution in [0.15, 0.2) is 41.1 Å². The molecule has 3 aromatic rings. The number of ether oxygens (including phenoxy) is 2. The fourth-order valence-electron chi connectivity index (χ4n) is 3.52. The molecule has 0 spiro atoms. The number of Topliss-reactive ketones (excluding diaryl/α,β-unsaturated/α-hetero) is 1.